The minimum Gasteiger partial charge on any atom is -0.497 e. The van der Waals surface area contributed by atoms with E-state index >= 15 is 0 Å². The summed E-state index contributed by atoms with van der Waals surface area (Å²) in [5.74, 6) is 1.04. The number of carbonyl (C=O) groups is 1. The summed E-state index contributed by atoms with van der Waals surface area (Å²) in [6.07, 6.45) is 5.57. The molecular formula is C23H22N4O3. The maximum absolute atomic E-state index is 13.0. The van der Waals surface area contributed by atoms with Crippen molar-refractivity contribution in [3.63, 3.8) is 0 Å². The van der Waals surface area contributed by atoms with Gasteiger partial charge >= 0.3 is 0 Å². The molecule has 0 aliphatic carbocycles. The highest BCUT2D eigenvalue weighted by molar-refractivity contribution is 5.92. The van der Waals surface area contributed by atoms with E-state index in [2.05, 4.69) is 9.97 Å². The molecule has 0 saturated carbocycles. The zero-order valence-electron chi connectivity index (χ0n) is 16.7. The maximum atomic E-state index is 13.0. The fourth-order valence-electron chi connectivity index (χ4n) is 4.77. The van der Waals surface area contributed by atoms with Crippen LogP contribution in [0.3, 0.4) is 0 Å². The van der Waals surface area contributed by atoms with Crippen LogP contribution in [0.25, 0.3) is 11.1 Å². The Kier molecular flexibility index (Phi) is 4.58. The second-order valence-electron chi connectivity index (χ2n) is 7.91. The van der Waals surface area contributed by atoms with Gasteiger partial charge in [-0.1, -0.05) is 12.1 Å². The van der Waals surface area contributed by atoms with E-state index in [4.69, 9.17) is 4.74 Å². The van der Waals surface area contributed by atoms with E-state index in [1.165, 1.54) is 12.4 Å². The van der Waals surface area contributed by atoms with Crippen molar-refractivity contribution < 1.29 is 9.53 Å². The van der Waals surface area contributed by atoms with Gasteiger partial charge in [0.1, 0.15) is 11.4 Å². The van der Waals surface area contributed by atoms with Crippen molar-refractivity contribution in [3.05, 3.63) is 76.7 Å². The summed E-state index contributed by atoms with van der Waals surface area (Å²) in [5.41, 5.74) is 3.47. The Hall–Kier alpha value is -3.48. The Morgan fingerprint density at radius 2 is 1.90 bits per heavy atom. The fourth-order valence-corrected chi connectivity index (χ4v) is 4.77. The molecule has 0 spiro atoms. The molecule has 2 atom stereocenters. The molecule has 4 heterocycles. The molecule has 0 radical (unpaired) electrons. The average Bonchev–Trinajstić information content (AvgIpc) is 2.80. The number of pyridine rings is 1. The van der Waals surface area contributed by atoms with E-state index in [1.807, 2.05) is 39.8 Å². The second-order valence-corrected chi connectivity index (χ2v) is 7.91. The van der Waals surface area contributed by atoms with Gasteiger partial charge in [0, 0.05) is 55.3 Å². The molecule has 3 aromatic rings. The second kappa shape index (κ2) is 7.40. The van der Waals surface area contributed by atoms with Gasteiger partial charge in [0.05, 0.1) is 13.3 Å². The lowest BCUT2D eigenvalue weighted by molar-refractivity contribution is 0.0589. The van der Waals surface area contributed by atoms with E-state index in [9.17, 15) is 9.59 Å². The number of rotatable bonds is 3. The van der Waals surface area contributed by atoms with Crippen molar-refractivity contribution >= 4 is 5.91 Å². The summed E-state index contributed by atoms with van der Waals surface area (Å²) in [5, 5.41) is 0. The van der Waals surface area contributed by atoms with Crippen molar-refractivity contribution in [1.82, 2.24) is 19.4 Å². The van der Waals surface area contributed by atoms with Gasteiger partial charge in [-0.2, -0.15) is 0 Å². The Labute approximate surface area is 174 Å². The van der Waals surface area contributed by atoms with Crippen molar-refractivity contribution in [2.45, 2.75) is 18.9 Å². The summed E-state index contributed by atoms with van der Waals surface area (Å²) in [6, 6.07) is 11.4. The molecule has 30 heavy (non-hydrogen) atoms. The van der Waals surface area contributed by atoms with Crippen LogP contribution in [0, 0.1) is 5.92 Å². The standard InChI is InChI=1S/C23H22N4O3/c1-30-18-4-2-16(3-5-18)19-6-7-21(28)27-13-15-10-17(22(19)27)14-26(12-15)23(29)20-11-24-8-9-25-20/h2-9,11,15,17H,10,12-14H2,1H3. The van der Waals surface area contributed by atoms with Crippen LogP contribution in [0.1, 0.15) is 28.5 Å². The Morgan fingerprint density at radius 1 is 1.07 bits per heavy atom. The Morgan fingerprint density at radius 3 is 2.63 bits per heavy atom. The summed E-state index contributed by atoms with van der Waals surface area (Å²) >= 11 is 0. The van der Waals surface area contributed by atoms with Crippen molar-refractivity contribution in [2.75, 3.05) is 20.2 Å². The summed E-state index contributed by atoms with van der Waals surface area (Å²) in [4.78, 5) is 35.7. The third-order valence-electron chi connectivity index (χ3n) is 6.06. The lowest BCUT2D eigenvalue weighted by Gasteiger charge is -2.43. The molecule has 1 aromatic carbocycles. The van der Waals surface area contributed by atoms with Gasteiger partial charge in [-0.3, -0.25) is 14.6 Å². The lowest BCUT2D eigenvalue weighted by Crippen LogP contribution is -2.49. The number of hydrogen-bond acceptors (Lipinski definition) is 5. The van der Waals surface area contributed by atoms with Crippen LogP contribution in [0.5, 0.6) is 5.75 Å². The Balaban J connectivity index is 1.53. The minimum atomic E-state index is -0.101. The Bertz CT molecular complexity index is 1140. The number of piperidine rings is 1. The molecule has 2 aromatic heterocycles. The number of amides is 1. The first-order valence-electron chi connectivity index (χ1n) is 10.1. The van der Waals surface area contributed by atoms with Crippen LogP contribution >= 0.6 is 0 Å². The van der Waals surface area contributed by atoms with Crippen molar-refractivity contribution in [1.29, 1.82) is 0 Å². The first-order chi connectivity index (χ1) is 14.6. The van der Waals surface area contributed by atoms with Crippen molar-refractivity contribution in [3.8, 4) is 16.9 Å². The monoisotopic (exact) mass is 402 g/mol. The van der Waals surface area contributed by atoms with Gasteiger partial charge in [0.25, 0.3) is 11.5 Å². The number of likely N-dealkylation sites (tertiary alicyclic amines) is 1. The molecule has 152 valence electrons. The lowest BCUT2D eigenvalue weighted by atomic mass is 9.80. The molecule has 2 bridgehead atoms. The fraction of sp³-hybridized carbons (Fsp3) is 0.304. The smallest absolute Gasteiger partial charge is 0.274 e. The van der Waals surface area contributed by atoms with Crippen LogP contribution in [0.2, 0.25) is 0 Å². The summed E-state index contributed by atoms with van der Waals surface area (Å²) in [7, 11) is 1.64. The third kappa shape index (κ3) is 3.16. The largest absolute Gasteiger partial charge is 0.497 e. The summed E-state index contributed by atoms with van der Waals surface area (Å²) in [6.45, 7) is 1.82. The molecule has 5 rings (SSSR count). The quantitative estimate of drug-likeness (QED) is 0.673. The van der Waals surface area contributed by atoms with E-state index in [-0.39, 0.29) is 23.3 Å². The highest BCUT2D eigenvalue weighted by Gasteiger charge is 2.38. The molecule has 1 amide bonds. The van der Waals surface area contributed by atoms with Crippen LogP contribution < -0.4 is 10.3 Å². The molecule has 2 unspecified atom stereocenters. The van der Waals surface area contributed by atoms with Crippen LogP contribution in [-0.2, 0) is 6.54 Å². The van der Waals surface area contributed by atoms with Gasteiger partial charge in [-0.05, 0) is 36.1 Å². The van der Waals surface area contributed by atoms with Crippen LogP contribution in [0.4, 0.5) is 0 Å². The van der Waals surface area contributed by atoms with E-state index in [0.717, 1.165) is 29.0 Å². The van der Waals surface area contributed by atoms with Gasteiger partial charge in [-0.15, -0.1) is 0 Å². The molecule has 1 fully saturated rings. The normalized spacial score (nSPS) is 19.8. The summed E-state index contributed by atoms with van der Waals surface area (Å²) < 4.78 is 7.18. The van der Waals surface area contributed by atoms with Crippen LogP contribution in [-0.4, -0.2) is 45.5 Å². The van der Waals surface area contributed by atoms with Gasteiger partial charge in [0.2, 0.25) is 0 Å². The molecule has 1 saturated heterocycles. The van der Waals surface area contributed by atoms with Crippen LogP contribution in [0.15, 0.2) is 59.8 Å². The SMILES string of the molecule is COc1ccc(-c2ccc(=O)n3c2C2CC(CN(C(=O)c4cnccn4)C2)C3)cc1. The number of benzene rings is 1. The van der Waals surface area contributed by atoms with Gasteiger partial charge in [0.15, 0.2) is 0 Å². The number of methoxy groups -OCH3 is 1. The van der Waals surface area contributed by atoms with E-state index in [1.54, 1.807) is 19.4 Å². The topological polar surface area (TPSA) is 77.3 Å². The molecule has 2 aliphatic rings. The minimum absolute atomic E-state index is 0.0191. The zero-order valence-corrected chi connectivity index (χ0v) is 16.7. The molecule has 7 heteroatoms. The number of carbonyl (C=O) groups excluding carboxylic acids is 1. The van der Waals surface area contributed by atoms with E-state index < -0.39 is 0 Å². The number of fused-ring (bicyclic) bond motifs is 4. The predicted molar refractivity (Wildman–Crippen MR) is 111 cm³/mol. The number of ether oxygens (including phenoxy) is 1. The third-order valence-corrected chi connectivity index (χ3v) is 6.06. The highest BCUT2D eigenvalue weighted by Crippen LogP contribution is 2.40. The molecule has 0 N–H and O–H groups in total. The maximum Gasteiger partial charge on any atom is 0.274 e. The number of hydrogen-bond donors (Lipinski definition) is 0. The first-order valence-corrected chi connectivity index (χ1v) is 10.1. The highest BCUT2D eigenvalue weighted by atomic mass is 16.5. The zero-order chi connectivity index (χ0) is 20.7. The molecule has 2 aliphatic heterocycles. The predicted octanol–water partition coefficient (Wildman–Crippen LogP) is 2.57. The van der Waals surface area contributed by atoms with Gasteiger partial charge < -0.3 is 14.2 Å². The van der Waals surface area contributed by atoms with Crippen molar-refractivity contribution in [2.24, 2.45) is 5.92 Å². The van der Waals surface area contributed by atoms with Gasteiger partial charge in [-0.25, -0.2) is 4.98 Å². The molecule has 7 nitrogen and oxygen atoms in total. The average molecular weight is 402 g/mol. The first kappa shape index (κ1) is 18.5. The molecular weight excluding hydrogens is 380 g/mol. The number of nitrogens with zero attached hydrogens (tertiary/aromatic N) is 4. The van der Waals surface area contributed by atoms with E-state index in [0.29, 0.717) is 25.3 Å². The number of aromatic nitrogens is 3.